The van der Waals surface area contributed by atoms with Crippen molar-refractivity contribution in [1.82, 2.24) is 9.62 Å². The fourth-order valence-electron chi connectivity index (χ4n) is 3.30. The second-order valence-corrected chi connectivity index (χ2v) is 8.10. The van der Waals surface area contributed by atoms with Gasteiger partial charge >= 0.3 is 0 Å². The van der Waals surface area contributed by atoms with Gasteiger partial charge in [-0.3, -0.25) is 0 Å². The summed E-state index contributed by atoms with van der Waals surface area (Å²) in [6.07, 6.45) is 6.86. The van der Waals surface area contributed by atoms with Gasteiger partial charge in [-0.25, -0.2) is 13.1 Å². The largest absolute Gasteiger partial charge is 0.377 e. The topological polar surface area (TPSA) is 58.6 Å². The Hall–Kier alpha value is -0.170. The van der Waals surface area contributed by atoms with E-state index in [0.717, 1.165) is 6.54 Å². The fourth-order valence-corrected chi connectivity index (χ4v) is 4.87. The molecule has 1 N–H and O–H groups in total. The van der Waals surface area contributed by atoms with Crippen LogP contribution in [0.5, 0.6) is 0 Å². The molecule has 2 fully saturated rings. The smallest absolute Gasteiger partial charge is 0.217 e. The number of hydrogen-bond donors (Lipinski definition) is 1. The molecule has 1 aliphatic carbocycles. The lowest BCUT2D eigenvalue weighted by Crippen LogP contribution is -2.43. The van der Waals surface area contributed by atoms with E-state index in [1.165, 1.54) is 32.1 Å². The van der Waals surface area contributed by atoms with Crippen LogP contribution in [0, 0.1) is 0 Å². The van der Waals surface area contributed by atoms with Crippen molar-refractivity contribution >= 4 is 10.0 Å². The van der Waals surface area contributed by atoms with Crippen LogP contribution in [0.15, 0.2) is 0 Å². The number of likely N-dealkylation sites (N-methyl/N-ethyl adjacent to an activating group) is 1. The Bertz CT molecular complexity index is 393. The quantitative estimate of drug-likeness (QED) is 0.805. The van der Waals surface area contributed by atoms with Gasteiger partial charge in [0.05, 0.1) is 6.10 Å². The third-order valence-corrected chi connectivity index (χ3v) is 6.69. The minimum absolute atomic E-state index is 0.191. The first-order valence-corrected chi connectivity index (χ1v) is 9.35. The zero-order chi connectivity index (χ0) is 14.6. The second kappa shape index (κ2) is 7.20. The summed E-state index contributed by atoms with van der Waals surface area (Å²) >= 11 is 0. The van der Waals surface area contributed by atoms with E-state index >= 15 is 0 Å². The molecule has 1 saturated carbocycles. The molecule has 5 nitrogen and oxygen atoms in total. The van der Waals surface area contributed by atoms with E-state index in [1.807, 2.05) is 6.92 Å². The van der Waals surface area contributed by atoms with Gasteiger partial charge in [-0.1, -0.05) is 19.3 Å². The fraction of sp³-hybridized carbons (Fsp3) is 1.00. The average molecular weight is 304 g/mol. The molecule has 0 aromatic heterocycles. The lowest BCUT2D eigenvalue weighted by atomic mass is 9.94. The average Bonchev–Trinajstić information content (AvgIpc) is 2.86. The molecule has 2 aliphatic rings. The third kappa shape index (κ3) is 4.16. The van der Waals surface area contributed by atoms with Gasteiger partial charge in [0, 0.05) is 25.7 Å². The van der Waals surface area contributed by atoms with Crippen molar-refractivity contribution in [3.8, 4) is 0 Å². The Balaban J connectivity index is 1.74. The zero-order valence-corrected chi connectivity index (χ0v) is 13.5. The summed E-state index contributed by atoms with van der Waals surface area (Å²) in [5.41, 5.74) is 0. The molecule has 2 rings (SSSR count). The maximum absolute atomic E-state index is 12.2. The highest BCUT2D eigenvalue weighted by Gasteiger charge is 2.35. The van der Waals surface area contributed by atoms with Gasteiger partial charge in [0.2, 0.25) is 10.0 Å². The summed E-state index contributed by atoms with van der Waals surface area (Å²) in [5.74, 6) is 0. The van der Waals surface area contributed by atoms with Crippen molar-refractivity contribution in [3.63, 3.8) is 0 Å². The number of hydrogen-bond acceptors (Lipinski definition) is 4. The normalized spacial score (nSPS) is 29.1. The number of ether oxygens (including phenoxy) is 1. The predicted octanol–water partition coefficient (Wildman–Crippen LogP) is 1.35. The number of rotatable bonds is 6. The molecule has 0 aromatic carbocycles. The molecule has 0 aromatic rings. The van der Waals surface area contributed by atoms with E-state index in [-0.39, 0.29) is 11.4 Å². The molecule has 118 valence electrons. The van der Waals surface area contributed by atoms with Gasteiger partial charge in [0.15, 0.2) is 0 Å². The third-order valence-electron chi connectivity index (χ3n) is 4.67. The molecule has 0 spiro atoms. The Labute approximate surface area is 123 Å². The van der Waals surface area contributed by atoms with E-state index < -0.39 is 10.0 Å². The highest BCUT2D eigenvalue weighted by atomic mass is 32.2. The van der Waals surface area contributed by atoms with Crippen LogP contribution in [-0.2, 0) is 14.8 Å². The monoisotopic (exact) mass is 304 g/mol. The molecule has 0 amide bonds. The molecule has 0 radical (unpaired) electrons. The SMILES string of the molecule is C[C@@H]1OCC[C@H]1S(=O)(=O)NCCN(C)C1CCCCC1. The maximum atomic E-state index is 12.2. The molecule has 1 aliphatic heterocycles. The minimum atomic E-state index is -3.24. The van der Waals surface area contributed by atoms with Crippen molar-refractivity contribution in [2.24, 2.45) is 0 Å². The Morgan fingerprint density at radius 3 is 2.50 bits per heavy atom. The summed E-state index contributed by atoms with van der Waals surface area (Å²) in [7, 11) is -1.13. The van der Waals surface area contributed by atoms with Crippen molar-refractivity contribution < 1.29 is 13.2 Å². The van der Waals surface area contributed by atoms with Crippen LogP contribution in [-0.4, -0.2) is 57.5 Å². The molecule has 1 heterocycles. The number of nitrogens with zero attached hydrogens (tertiary/aromatic N) is 1. The lowest BCUT2D eigenvalue weighted by molar-refractivity contribution is 0.126. The van der Waals surface area contributed by atoms with Crippen molar-refractivity contribution in [3.05, 3.63) is 0 Å². The highest BCUT2D eigenvalue weighted by molar-refractivity contribution is 7.90. The number of sulfonamides is 1. The Kier molecular flexibility index (Phi) is 5.84. The van der Waals surface area contributed by atoms with E-state index in [0.29, 0.717) is 25.6 Å². The van der Waals surface area contributed by atoms with E-state index in [1.54, 1.807) is 0 Å². The van der Waals surface area contributed by atoms with Crippen molar-refractivity contribution in [1.29, 1.82) is 0 Å². The minimum Gasteiger partial charge on any atom is -0.377 e. The van der Waals surface area contributed by atoms with Gasteiger partial charge in [-0.2, -0.15) is 0 Å². The van der Waals surface area contributed by atoms with E-state index in [2.05, 4.69) is 16.7 Å². The molecule has 0 bridgehead atoms. The van der Waals surface area contributed by atoms with Gasteiger partial charge in [0.1, 0.15) is 5.25 Å². The number of nitrogens with one attached hydrogen (secondary N) is 1. The van der Waals surface area contributed by atoms with Gasteiger partial charge in [-0.15, -0.1) is 0 Å². The Morgan fingerprint density at radius 2 is 1.90 bits per heavy atom. The first-order valence-electron chi connectivity index (χ1n) is 7.81. The van der Waals surface area contributed by atoms with Crippen LogP contribution < -0.4 is 4.72 Å². The van der Waals surface area contributed by atoms with Gasteiger partial charge in [0.25, 0.3) is 0 Å². The summed E-state index contributed by atoms with van der Waals surface area (Å²) in [6.45, 7) is 3.67. The Morgan fingerprint density at radius 1 is 1.20 bits per heavy atom. The van der Waals surface area contributed by atoms with Crippen LogP contribution in [0.1, 0.15) is 45.4 Å². The molecule has 1 saturated heterocycles. The van der Waals surface area contributed by atoms with Gasteiger partial charge < -0.3 is 9.64 Å². The predicted molar refractivity (Wildman–Crippen MR) is 80.2 cm³/mol. The summed E-state index contributed by atoms with van der Waals surface area (Å²) in [4.78, 5) is 2.30. The molecule has 2 atom stereocenters. The summed E-state index contributed by atoms with van der Waals surface area (Å²) in [5, 5.41) is -0.387. The first kappa shape index (κ1) is 16.2. The summed E-state index contributed by atoms with van der Waals surface area (Å²) in [6, 6.07) is 0.627. The van der Waals surface area contributed by atoms with Crippen LogP contribution in [0.2, 0.25) is 0 Å². The van der Waals surface area contributed by atoms with Crippen LogP contribution in [0.25, 0.3) is 0 Å². The molecular formula is C14H28N2O3S. The molecular weight excluding hydrogens is 276 g/mol. The zero-order valence-electron chi connectivity index (χ0n) is 12.7. The standard InChI is InChI=1S/C14H28N2O3S/c1-12-14(8-11-19-12)20(17,18)15-9-10-16(2)13-6-4-3-5-7-13/h12-15H,3-11H2,1-2H3/t12-,14+/m0/s1. The van der Waals surface area contributed by atoms with E-state index in [4.69, 9.17) is 4.74 Å². The first-order chi connectivity index (χ1) is 9.50. The van der Waals surface area contributed by atoms with Crippen LogP contribution >= 0.6 is 0 Å². The maximum Gasteiger partial charge on any atom is 0.217 e. The second-order valence-electron chi connectivity index (χ2n) is 6.11. The van der Waals surface area contributed by atoms with Crippen molar-refractivity contribution in [2.75, 3.05) is 26.7 Å². The van der Waals surface area contributed by atoms with Crippen LogP contribution in [0.3, 0.4) is 0 Å². The summed E-state index contributed by atoms with van der Waals surface area (Å²) < 4.78 is 32.5. The lowest BCUT2D eigenvalue weighted by Gasteiger charge is -2.31. The van der Waals surface area contributed by atoms with Crippen molar-refractivity contribution in [2.45, 2.75) is 62.8 Å². The molecule has 20 heavy (non-hydrogen) atoms. The molecule has 6 heteroatoms. The van der Waals surface area contributed by atoms with Gasteiger partial charge in [-0.05, 0) is 33.2 Å². The van der Waals surface area contributed by atoms with Crippen LogP contribution in [0.4, 0.5) is 0 Å². The highest BCUT2D eigenvalue weighted by Crippen LogP contribution is 2.22. The molecule has 0 unspecified atom stereocenters. The van der Waals surface area contributed by atoms with E-state index in [9.17, 15) is 8.42 Å².